The number of esters is 1. The maximum atomic E-state index is 14.2. The number of aliphatic hydroxyl groups is 1. The van der Waals surface area contributed by atoms with E-state index in [1.54, 1.807) is 60.0 Å². The molecule has 5 N–H and O–H groups in total. The van der Waals surface area contributed by atoms with Crippen molar-refractivity contribution in [3.63, 3.8) is 0 Å². The first-order valence-corrected chi connectivity index (χ1v) is 15.9. The smallest absolute Gasteiger partial charge is 0.409 e. The number of anilines is 1. The van der Waals surface area contributed by atoms with Gasteiger partial charge in [-0.05, 0) is 26.2 Å². The molecule has 2 aromatic rings. The molecule has 1 saturated carbocycles. The van der Waals surface area contributed by atoms with E-state index in [-0.39, 0.29) is 18.4 Å². The average molecular weight is 644 g/mol. The van der Waals surface area contributed by atoms with Crippen molar-refractivity contribution < 1.29 is 47.3 Å². The molecular weight excluding hydrogens is 601 g/mol. The van der Waals surface area contributed by atoms with Gasteiger partial charge in [-0.15, -0.1) is 0 Å². The molecule has 4 rings (SSSR count). The van der Waals surface area contributed by atoms with Crippen LogP contribution in [-0.4, -0.2) is 87.1 Å². The van der Waals surface area contributed by atoms with Crippen LogP contribution in [0.2, 0.25) is 0 Å². The van der Waals surface area contributed by atoms with Crippen molar-refractivity contribution in [1.82, 2.24) is 29.9 Å². The summed E-state index contributed by atoms with van der Waals surface area (Å²) in [6.45, 7) is 13.8. The van der Waals surface area contributed by atoms with Crippen molar-refractivity contribution in [2.24, 2.45) is 10.8 Å². The summed E-state index contributed by atoms with van der Waals surface area (Å²) < 4.78 is 49.1. The molecule has 0 spiro atoms. The molecule has 6 atom stereocenters. The van der Waals surface area contributed by atoms with Crippen LogP contribution in [-0.2, 0) is 32.6 Å². The number of alkyl carbamates (subject to hydrolysis) is 1. The van der Waals surface area contributed by atoms with Crippen LogP contribution >= 0.6 is 7.75 Å². The molecule has 44 heavy (non-hydrogen) atoms. The number of fused-ring (bicyclic) bond motifs is 2. The maximum absolute atomic E-state index is 14.2. The van der Waals surface area contributed by atoms with E-state index < -0.39 is 67.5 Å². The lowest BCUT2D eigenvalue weighted by Crippen LogP contribution is -2.47. The van der Waals surface area contributed by atoms with E-state index in [0.29, 0.717) is 24.3 Å². The summed E-state index contributed by atoms with van der Waals surface area (Å²) in [5.74, 6) is -0.510. The zero-order chi connectivity index (χ0) is 32.7. The standard InChI is InChI=1S/C26H42N7O10P/c1-9-28-23(35)40-13-41-44(37,32-15(24(4,5)6)20(34)39-11-3)43-17-16-26(17,36)25(7,8)21(42-16)33-12-29-14-18(33)30-22(27)31-19(14)38-10-2/h12,15-17,21,36H,9-11,13H2,1-8H3,(H,28,35)(H,32,37)(H2,27,30,31). The first kappa shape index (κ1) is 33.8. The Labute approximate surface area is 255 Å². The van der Waals surface area contributed by atoms with E-state index >= 15 is 0 Å². The fourth-order valence-corrected chi connectivity index (χ4v) is 6.94. The Bertz CT molecular complexity index is 1430. The second-order valence-corrected chi connectivity index (χ2v) is 13.7. The molecule has 246 valence electrons. The van der Waals surface area contributed by atoms with Gasteiger partial charge < -0.3 is 35.1 Å². The zero-order valence-electron chi connectivity index (χ0n) is 26.2. The predicted octanol–water partition coefficient (Wildman–Crippen LogP) is 2.26. The summed E-state index contributed by atoms with van der Waals surface area (Å²) in [6, 6.07) is -1.16. The molecule has 2 aliphatic rings. The molecule has 0 bridgehead atoms. The van der Waals surface area contributed by atoms with Crippen LogP contribution in [0.5, 0.6) is 5.88 Å². The van der Waals surface area contributed by atoms with Gasteiger partial charge in [0.2, 0.25) is 18.6 Å². The van der Waals surface area contributed by atoms with Gasteiger partial charge in [0.05, 0.1) is 19.5 Å². The van der Waals surface area contributed by atoms with Crippen molar-refractivity contribution in [1.29, 1.82) is 0 Å². The number of imidazole rings is 1. The van der Waals surface area contributed by atoms with Crippen LogP contribution < -0.4 is 20.9 Å². The molecule has 1 saturated heterocycles. The lowest BCUT2D eigenvalue weighted by molar-refractivity contribution is -0.148. The topological polar surface area (TPSA) is 221 Å². The minimum Gasteiger partial charge on any atom is -0.476 e. The Balaban J connectivity index is 1.60. The van der Waals surface area contributed by atoms with Crippen LogP contribution in [0.3, 0.4) is 0 Å². The van der Waals surface area contributed by atoms with E-state index in [9.17, 15) is 19.3 Å². The number of ether oxygens (including phenoxy) is 4. The van der Waals surface area contributed by atoms with Gasteiger partial charge in [0, 0.05) is 12.0 Å². The van der Waals surface area contributed by atoms with Crippen molar-refractivity contribution in [2.45, 2.75) is 85.5 Å². The van der Waals surface area contributed by atoms with Gasteiger partial charge in [0.15, 0.2) is 11.2 Å². The van der Waals surface area contributed by atoms with Gasteiger partial charge in [0.1, 0.15) is 30.1 Å². The first-order valence-electron chi connectivity index (χ1n) is 14.3. The number of hydrogen-bond donors (Lipinski definition) is 4. The van der Waals surface area contributed by atoms with Gasteiger partial charge in [0.25, 0.3) is 0 Å². The molecule has 0 radical (unpaired) electrons. The number of nitrogens with two attached hydrogens (primary N) is 1. The molecule has 1 aliphatic heterocycles. The highest BCUT2D eigenvalue weighted by Gasteiger charge is 2.82. The summed E-state index contributed by atoms with van der Waals surface area (Å²) in [7, 11) is -4.48. The summed E-state index contributed by atoms with van der Waals surface area (Å²) in [5.41, 5.74) is 3.06. The van der Waals surface area contributed by atoms with Crippen LogP contribution in [0.4, 0.5) is 10.7 Å². The molecule has 1 amide bonds. The molecule has 17 nitrogen and oxygen atoms in total. The highest BCUT2D eigenvalue weighted by Crippen LogP contribution is 2.68. The Kier molecular flexibility index (Phi) is 9.50. The van der Waals surface area contributed by atoms with E-state index in [0.717, 1.165) is 0 Å². The van der Waals surface area contributed by atoms with Crippen molar-refractivity contribution in [3.05, 3.63) is 6.33 Å². The number of aromatic nitrogens is 4. The quantitative estimate of drug-likeness (QED) is 0.140. The minimum absolute atomic E-state index is 0.0300. The van der Waals surface area contributed by atoms with Gasteiger partial charge in [-0.2, -0.15) is 9.97 Å². The number of carbonyl (C=O) groups is 2. The van der Waals surface area contributed by atoms with Crippen molar-refractivity contribution >= 4 is 36.9 Å². The second-order valence-electron chi connectivity index (χ2n) is 12.0. The normalized spacial score (nSPS) is 26.0. The van der Waals surface area contributed by atoms with Gasteiger partial charge in [-0.1, -0.05) is 34.6 Å². The Morgan fingerprint density at radius 1 is 1.20 bits per heavy atom. The molecule has 2 fully saturated rings. The number of rotatable bonds is 13. The van der Waals surface area contributed by atoms with Crippen molar-refractivity contribution in [2.75, 3.05) is 32.3 Å². The molecule has 6 unspecified atom stereocenters. The number of nitrogens with one attached hydrogen (secondary N) is 2. The number of nitrogen functional groups attached to an aromatic ring is 1. The van der Waals surface area contributed by atoms with Crippen LogP contribution in [0, 0.1) is 10.8 Å². The van der Waals surface area contributed by atoms with Gasteiger partial charge in [-0.25, -0.2) is 19.4 Å². The van der Waals surface area contributed by atoms with Crippen LogP contribution in [0.15, 0.2) is 6.33 Å². The Morgan fingerprint density at radius 2 is 1.91 bits per heavy atom. The van der Waals surface area contributed by atoms with Crippen LogP contribution in [0.25, 0.3) is 11.2 Å². The van der Waals surface area contributed by atoms with E-state index in [2.05, 4.69) is 25.4 Å². The summed E-state index contributed by atoms with van der Waals surface area (Å²) >= 11 is 0. The molecular formula is C26H42N7O10P. The van der Waals surface area contributed by atoms with E-state index in [1.807, 2.05) is 0 Å². The zero-order valence-corrected chi connectivity index (χ0v) is 27.0. The Hall–Kier alpha value is -3.08. The molecule has 0 aromatic carbocycles. The Morgan fingerprint density at radius 3 is 2.48 bits per heavy atom. The number of hydrogen-bond acceptors (Lipinski definition) is 14. The predicted molar refractivity (Wildman–Crippen MR) is 155 cm³/mol. The fraction of sp³-hybridized carbons (Fsp3) is 0.731. The summed E-state index contributed by atoms with van der Waals surface area (Å²) in [4.78, 5) is 37.5. The second kappa shape index (κ2) is 12.4. The van der Waals surface area contributed by atoms with E-state index in [4.69, 9.17) is 33.7 Å². The number of amides is 1. The summed E-state index contributed by atoms with van der Waals surface area (Å²) in [5, 5.41) is 16.9. The lowest BCUT2D eigenvalue weighted by Gasteiger charge is -2.36. The van der Waals surface area contributed by atoms with Gasteiger partial charge in [-0.3, -0.25) is 18.4 Å². The number of nitrogens with zero attached hydrogens (tertiary/aromatic N) is 4. The third kappa shape index (κ3) is 6.21. The maximum Gasteiger partial charge on any atom is 0.409 e. The highest BCUT2D eigenvalue weighted by atomic mass is 31.2. The lowest BCUT2D eigenvalue weighted by atomic mass is 9.83. The monoisotopic (exact) mass is 643 g/mol. The van der Waals surface area contributed by atoms with E-state index in [1.165, 1.54) is 6.33 Å². The average Bonchev–Trinajstić information content (AvgIpc) is 3.17. The van der Waals surface area contributed by atoms with Crippen molar-refractivity contribution in [3.8, 4) is 5.88 Å². The third-order valence-corrected chi connectivity index (χ3v) is 9.08. The first-order chi connectivity index (χ1) is 20.5. The minimum atomic E-state index is -4.48. The summed E-state index contributed by atoms with van der Waals surface area (Å²) in [6.07, 6.45) is -2.26. The molecule has 3 heterocycles. The number of carbonyl (C=O) groups excluding carboxylic acids is 2. The SMILES string of the molecule is CCNC(=O)OCOP(=O)(NC(C(=O)OCC)C(C)(C)C)OC1C2OC(n3cnc4c(OCC)nc(N)nc43)C(C)(C)C21O. The highest BCUT2D eigenvalue weighted by molar-refractivity contribution is 7.51. The molecule has 1 aliphatic carbocycles. The van der Waals surface area contributed by atoms with Gasteiger partial charge >= 0.3 is 19.8 Å². The molecule has 18 heteroatoms. The fourth-order valence-electron chi connectivity index (χ4n) is 5.17. The third-order valence-electron chi connectivity index (χ3n) is 7.56. The molecule has 2 aromatic heterocycles. The largest absolute Gasteiger partial charge is 0.476 e. The van der Waals surface area contributed by atoms with Crippen LogP contribution in [0.1, 0.15) is 61.6 Å².